The molecule has 6 nitrogen and oxygen atoms in total. The normalized spacial score (nSPS) is 10.9. The zero-order chi connectivity index (χ0) is 19.2. The van der Waals surface area contributed by atoms with Gasteiger partial charge >= 0.3 is 5.97 Å². The Morgan fingerprint density at radius 3 is 2.85 bits per heavy atom. The fraction of sp³-hybridized carbons (Fsp3) is 0.150. The number of ether oxygens (including phenoxy) is 1. The lowest BCUT2D eigenvalue weighted by atomic mass is 10.2. The standard InChI is InChI=1S/C20H18N2O4S/c1-14-5-3-6-17(11-14)22(15(2)23)20-21-16(13-27-20)12-26-19(24)9-8-18-7-4-10-25-18/h3-11,13H,12H2,1-2H3/b9-8+. The van der Waals surface area contributed by atoms with Gasteiger partial charge in [0, 0.05) is 18.4 Å². The van der Waals surface area contributed by atoms with Crippen molar-refractivity contribution in [1.29, 1.82) is 0 Å². The average Bonchev–Trinajstić information content (AvgIpc) is 3.30. The van der Waals surface area contributed by atoms with Crippen molar-refractivity contribution in [2.75, 3.05) is 4.90 Å². The second-order valence-corrected chi connectivity index (χ2v) is 6.61. The number of aromatic nitrogens is 1. The number of hydrogen-bond donors (Lipinski definition) is 0. The number of esters is 1. The molecule has 0 radical (unpaired) electrons. The average molecular weight is 382 g/mol. The van der Waals surface area contributed by atoms with Crippen LogP contribution in [-0.4, -0.2) is 16.9 Å². The molecular weight excluding hydrogens is 364 g/mol. The van der Waals surface area contributed by atoms with Gasteiger partial charge in [0.2, 0.25) is 5.91 Å². The summed E-state index contributed by atoms with van der Waals surface area (Å²) in [4.78, 5) is 29.9. The highest BCUT2D eigenvalue weighted by atomic mass is 32.1. The zero-order valence-corrected chi connectivity index (χ0v) is 15.7. The van der Waals surface area contributed by atoms with E-state index in [0.717, 1.165) is 11.3 Å². The smallest absolute Gasteiger partial charge is 0.331 e. The van der Waals surface area contributed by atoms with E-state index in [2.05, 4.69) is 4.98 Å². The molecule has 2 heterocycles. The molecule has 0 aliphatic carbocycles. The molecule has 3 aromatic rings. The number of thiazole rings is 1. The van der Waals surface area contributed by atoms with Crippen molar-refractivity contribution in [3.05, 3.63) is 71.1 Å². The predicted molar refractivity (Wildman–Crippen MR) is 104 cm³/mol. The number of carbonyl (C=O) groups excluding carboxylic acids is 2. The van der Waals surface area contributed by atoms with Gasteiger partial charge in [0.15, 0.2) is 5.13 Å². The lowest BCUT2D eigenvalue weighted by Crippen LogP contribution is -2.22. The molecule has 0 saturated heterocycles. The third-order valence-electron chi connectivity index (χ3n) is 3.59. The van der Waals surface area contributed by atoms with Crippen LogP contribution in [0.5, 0.6) is 0 Å². The topological polar surface area (TPSA) is 72.6 Å². The van der Waals surface area contributed by atoms with E-state index >= 15 is 0 Å². The Hall–Kier alpha value is -3.19. The Morgan fingerprint density at radius 2 is 2.15 bits per heavy atom. The Kier molecular flexibility index (Phi) is 5.83. The van der Waals surface area contributed by atoms with Crippen molar-refractivity contribution in [1.82, 2.24) is 4.98 Å². The molecule has 27 heavy (non-hydrogen) atoms. The molecule has 0 aliphatic heterocycles. The second kappa shape index (κ2) is 8.46. The molecule has 1 amide bonds. The first-order valence-electron chi connectivity index (χ1n) is 8.23. The van der Waals surface area contributed by atoms with Crippen molar-refractivity contribution in [3.8, 4) is 0 Å². The minimum absolute atomic E-state index is 0.0252. The molecule has 138 valence electrons. The number of benzene rings is 1. The van der Waals surface area contributed by atoms with Gasteiger partial charge in [0.1, 0.15) is 12.4 Å². The van der Waals surface area contributed by atoms with Gasteiger partial charge in [-0.2, -0.15) is 0 Å². The van der Waals surface area contributed by atoms with Gasteiger partial charge in [0.25, 0.3) is 0 Å². The molecule has 2 aromatic heterocycles. The number of carbonyl (C=O) groups is 2. The van der Waals surface area contributed by atoms with Crippen LogP contribution in [-0.2, 0) is 20.9 Å². The monoisotopic (exact) mass is 382 g/mol. The molecule has 0 saturated carbocycles. The predicted octanol–water partition coefficient (Wildman–Crippen LogP) is 4.49. The number of anilines is 2. The van der Waals surface area contributed by atoms with Gasteiger partial charge in [-0.3, -0.25) is 9.69 Å². The van der Waals surface area contributed by atoms with E-state index in [1.54, 1.807) is 22.4 Å². The van der Waals surface area contributed by atoms with Gasteiger partial charge < -0.3 is 9.15 Å². The summed E-state index contributed by atoms with van der Waals surface area (Å²) >= 11 is 1.32. The number of aryl methyl sites for hydroxylation is 1. The van der Waals surface area contributed by atoms with E-state index in [1.165, 1.54) is 36.7 Å². The van der Waals surface area contributed by atoms with Crippen LogP contribution in [0.25, 0.3) is 6.08 Å². The Labute approximate surface area is 160 Å². The molecule has 0 atom stereocenters. The number of rotatable bonds is 6. The maximum Gasteiger partial charge on any atom is 0.331 e. The van der Waals surface area contributed by atoms with E-state index < -0.39 is 5.97 Å². The van der Waals surface area contributed by atoms with Crippen LogP contribution in [0.4, 0.5) is 10.8 Å². The van der Waals surface area contributed by atoms with E-state index in [0.29, 0.717) is 16.6 Å². The lowest BCUT2D eigenvalue weighted by Gasteiger charge is -2.18. The summed E-state index contributed by atoms with van der Waals surface area (Å²) in [5.74, 6) is -0.0684. The van der Waals surface area contributed by atoms with Crippen LogP contribution < -0.4 is 4.90 Å². The SMILES string of the molecule is CC(=O)N(c1cccc(C)c1)c1nc(COC(=O)/C=C/c2ccco2)cs1. The third kappa shape index (κ3) is 4.92. The van der Waals surface area contributed by atoms with Crippen LogP contribution >= 0.6 is 11.3 Å². The maximum absolute atomic E-state index is 12.1. The van der Waals surface area contributed by atoms with E-state index in [9.17, 15) is 9.59 Å². The quantitative estimate of drug-likeness (QED) is 0.464. The van der Waals surface area contributed by atoms with Crippen molar-refractivity contribution in [2.45, 2.75) is 20.5 Å². The van der Waals surface area contributed by atoms with Gasteiger partial charge in [-0.15, -0.1) is 11.3 Å². The summed E-state index contributed by atoms with van der Waals surface area (Å²) in [6, 6.07) is 11.1. The molecule has 0 N–H and O–H groups in total. The van der Waals surface area contributed by atoms with Crippen molar-refractivity contribution < 1.29 is 18.7 Å². The molecule has 0 bridgehead atoms. The van der Waals surface area contributed by atoms with Crippen LogP contribution in [0.3, 0.4) is 0 Å². The summed E-state index contributed by atoms with van der Waals surface area (Å²) in [6.07, 6.45) is 4.35. The zero-order valence-electron chi connectivity index (χ0n) is 14.9. The lowest BCUT2D eigenvalue weighted by molar-refractivity contribution is -0.139. The van der Waals surface area contributed by atoms with Crippen LogP contribution in [0.2, 0.25) is 0 Å². The molecule has 0 fully saturated rings. The first-order valence-corrected chi connectivity index (χ1v) is 9.11. The fourth-order valence-corrected chi connectivity index (χ4v) is 3.26. The number of furan rings is 1. The fourth-order valence-electron chi connectivity index (χ4n) is 2.39. The molecule has 7 heteroatoms. The summed E-state index contributed by atoms with van der Waals surface area (Å²) in [5, 5.41) is 2.30. The van der Waals surface area contributed by atoms with Crippen LogP contribution in [0.15, 0.2) is 58.5 Å². The number of amides is 1. The highest BCUT2D eigenvalue weighted by Gasteiger charge is 2.18. The number of nitrogens with zero attached hydrogens (tertiary/aromatic N) is 2. The molecule has 0 unspecified atom stereocenters. The minimum atomic E-state index is -0.497. The van der Waals surface area contributed by atoms with Crippen molar-refractivity contribution >= 4 is 40.1 Å². The molecule has 0 aliphatic rings. The summed E-state index contributed by atoms with van der Waals surface area (Å²) < 4.78 is 10.3. The highest BCUT2D eigenvalue weighted by Crippen LogP contribution is 2.29. The van der Waals surface area contributed by atoms with Gasteiger partial charge in [-0.1, -0.05) is 12.1 Å². The Morgan fingerprint density at radius 1 is 1.30 bits per heavy atom. The molecule has 3 rings (SSSR count). The first kappa shape index (κ1) is 18.6. The second-order valence-electron chi connectivity index (χ2n) is 5.77. The van der Waals surface area contributed by atoms with Crippen LogP contribution in [0.1, 0.15) is 23.9 Å². The summed E-state index contributed by atoms with van der Waals surface area (Å²) in [7, 11) is 0. The van der Waals surface area contributed by atoms with Crippen molar-refractivity contribution in [2.24, 2.45) is 0 Å². The third-order valence-corrected chi connectivity index (χ3v) is 4.47. The van der Waals surface area contributed by atoms with Gasteiger partial charge in [-0.05, 0) is 42.8 Å². The Bertz CT molecular complexity index is 960. The van der Waals surface area contributed by atoms with Gasteiger partial charge in [0.05, 0.1) is 17.6 Å². The van der Waals surface area contributed by atoms with Crippen molar-refractivity contribution in [3.63, 3.8) is 0 Å². The number of hydrogen-bond acceptors (Lipinski definition) is 6. The molecule has 0 spiro atoms. The van der Waals surface area contributed by atoms with E-state index in [-0.39, 0.29) is 12.5 Å². The maximum atomic E-state index is 12.1. The minimum Gasteiger partial charge on any atom is -0.465 e. The molecular formula is C20H18N2O4S. The molecule has 1 aromatic carbocycles. The Balaban J connectivity index is 1.66. The van der Waals surface area contributed by atoms with E-state index in [1.807, 2.05) is 31.2 Å². The first-order chi connectivity index (χ1) is 13.0. The van der Waals surface area contributed by atoms with E-state index in [4.69, 9.17) is 9.15 Å². The van der Waals surface area contributed by atoms with Crippen LogP contribution in [0, 0.1) is 6.92 Å². The summed E-state index contributed by atoms with van der Waals surface area (Å²) in [6.45, 7) is 3.48. The largest absolute Gasteiger partial charge is 0.465 e. The van der Waals surface area contributed by atoms with Gasteiger partial charge in [-0.25, -0.2) is 9.78 Å². The highest BCUT2D eigenvalue weighted by molar-refractivity contribution is 7.14. The summed E-state index contributed by atoms with van der Waals surface area (Å²) in [5.41, 5.74) is 2.38.